The molecule has 0 radical (unpaired) electrons. The van der Waals surface area contributed by atoms with Crippen molar-refractivity contribution < 1.29 is 9.47 Å². The van der Waals surface area contributed by atoms with Crippen molar-refractivity contribution >= 4 is 0 Å². The SMILES string of the molecule is C=C1CC1(Oc1ccccc1C)Oc1ccccc1C. The molecule has 0 unspecified atom stereocenters. The van der Waals surface area contributed by atoms with Crippen molar-refractivity contribution in [2.75, 3.05) is 0 Å². The summed E-state index contributed by atoms with van der Waals surface area (Å²) in [6, 6.07) is 15.9. The maximum absolute atomic E-state index is 6.09. The third-order valence-corrected chi connectivity index (χ3v) is 3.60. The third-order valence-electron chi connectivity index (χ3n) is 3.60. The number of aryl methyl sites for hydroxylation is 2. The predicted molar refractivity (Wildman–Crippen MR) is 80.1 cm³/mol. The van der Waals surface area contributed by atoms with Crippen molar-refractivity contribution in [3.8, 4) is 11.5 Å². The second-order valence-electron chi connectivity index (χ2n) is 5.27. The van der Waals surface area contributed by atoms with Crippen LogP contribution in [0.3, 0.4) is 0 Å². The molecule has 0 N–H and O–H groups in total. The summed E-state index contributed by atoms with van der Waals surface area (Å²) in [5.41, 5.74) is 3.17. The Balaban J connectivity index is 1.85. The van der Waals surface area contributed by atoms with Crippen LogP contribution >= 0.6 is 0 Å². The van der Waals surface area contributed by atoms with Crippen molar-refractivity contribution in [1.29, 1.82) is 0 Å². The zero-order valence-corrected chi connectivity index (χ0v) is 11.8. The standard InChI is InChI=1S/C18H18O2/c1-13-8-4-6-10-16(13)19-18(12-15(18)3)20-17-11-7-5-9-14(17)2/h4-11H,3,12H2,1-2H3. The maximum Gasteiger partial charge on any atom is 0.277 e. The number of hydrogen-bond donors (Lipinski definition) is 0. The van der Waals surface area contributed by atoms with Gasteiger partial charge in [0.2, 0.25) is 0 Å². The van der Waals surface area contributed by atoms with Gasteiger partial charge in [-0.15, -0.1) is 0 Å². The molecule has 0 aromatic heterocycles. The monoisotopic (exact) mass is 266 g/mol. The Kier molecular flexibility index (Phi) is 3.01. The van der Waals surface area contributed by atoms with E-state index < -0.39 is 5.79 Å². The highest BCUT2D eigenvalue weighted by Gasteiger charge is 2.54. The number of benzene rings is 2. The molecule has 0 aliphatic heterocycles. The molecule has 2 nitrogen and oxygen atoms in total. The van der Waals surface area contributed by atoms with Gasteiger partial charge in [0.1, 0.15) is 11.5 Å². The summed E-state index contributed by atoms with van der Waals surface area (Å²) >= 11 is 0. The minimum absolute atomic E-state index is 0.696. The van der Waals surface area contributed by atoms with Crippen LogP contribution in [0.2, 0.25) is 0 Å². The fourth-order valence-electron chi connectivity index (χ4n) is 2.17. The fourth-order valence-corrected chi connectivity index (χ4v) is 2.17. The lowest BCUT2D eigenvalue weighted by molar-refractivity contribution is -0.00920. The zero-order chi connectivity index (χ0) is 14.2. The molecule has 0 spiro atoms. The molecule has 0 atom stereocenters. The van der Waals surface area contributed by atoms with E-state index in [2.05, 4.69) is 6.58 Å². The number of rotatable bonds is 4. The van der Waals surface area contributed by atoms with Crippen LogP contribution < -0.4 is 9.47 Å². The summed E-state index contributed by atoms with van der Waals surface area (Å²) in [4.78, 5) is 0. The van der Waals surface area contributed by atoms with Crippen molar-refractivity contribution in [3.05, 3.63) is 71.8 Å². The number of hydrogen-bond acceptors (Lipinski definition) is 2. The molecule has 1 fully saturated rings. The molecule has 102 valence electrons. The van der Waals surface area contributed by atoms with Crippen molar-refractivity contribution in [1.82, 2.24) is 0 Å². The lowest BCUT2D eigenvalue weighted by atomic mass is 10.2. The van der Waals surface area contributed by atoms with Crippen LogP contribution in [-0.4, -0.2) is 5.79 Å². The molecule has 0 amide bonds. The maximum atomic E-state index is 6.09. The molecular weight excluding hydrogens is 248 g/mol. The van der Waals surface area contributed by atoms with E-state index in [1.54, 1.807) is 0 Å². The van der Waals surface area contributed by atoms with Crippen LogP contribution in [0.15, 0.2) is 60.7 Å². The van der Waals surface area contributed by atoms with Crippen LogP contribution in [-0.2, 0) is 0 Å². The second-order valence-corrected chi connectivity index (χ2v) is 5.27. The van der Waals surface area contributed by atoms with Gasteiger partial charge in [-0.2, -0.15) is 0 Å². The van der Waals surface area contributed by atoms with E-state index in [1.807, 2.05) is 62.4 Å². The molecule has 1 aliphatic rings. The van der Waals surface area contributed by atoms with E-state index in [0.29, 0.717) is 0 Å². The Labute approximate surface area is 119 Å². The molecule has 1 aliphatic carbocycles. The van der Waals surface area contributed by atoms with Gasteiger partial charge in [-0.3, -0.25) is 0 Å². The van der Waals surface area contributed by atoms with Crippen molar-refractivity contribution in [2.45, 2.75) is 26.1 Å². The van der Waals surface area contributed by atoms with E-state index in [1.165, 1.54) is 0 Å². The van der Waals surface area contributed by atoms with Gasteiger partial charge in [0, 0.05) is 5.57 Å². The van der Waals surface area contributed by atoms with Crippen LogP contribution in [0.1, 0.15) is 17.5 Å². The fraction of sp³-hybridized carbons (Fsp3) is 0.222. The summed E-state index contributed by atoms with van der Waals surface area (Å²) < 4.78 is 12.2. The first-order valence-corrected chi connectivity index (χ1v) is 6.78. The lowest BCUT2D eigenvalue weighted by Gasteiger charge is -2.21. The first kappa shape index (κ1) is 12.8. The van der Waals surface area contributed by atoms with E-state index in [-0.39, 0.29) is 0 Å². The van der Waals surface area contributed by atoms with Crippen molar-refractivity contribution in [3.63, 3.8) is 0 Å². The molecular formula is C18H18O2. The molecule has 0 saturated heterocycles. The molecule has 1 saturated carbocycles. The first-order valence-electron chi connectivity index (χ1n) is 6.78. The van der Waals surface area contributed by atoms with Gasteiger partial charge < -0.3 is 9.47 Å². The average Bonchev–Trinajstić information content (AvgIpc) is 3.05. The Morgan fingerprint density at radius 2 is 1.25 bits per heavy atom. The van der Waals surface area contributed by atoms with Gasteiger partial charge in [-0.05, 0) is 37.1 Å². The van der Waals surface area contributed by atoms with E-state index in [9.17, 15) is 0 Å². The highest BCUT2D eigenvalue weighted by Crippen LogP contribution is 2.47. The minimum Gasteiger partial charge on any atom is -0.448 e. The topological polar surface area (TPSA) is 18.5 Å². The molecule has 2 aromatic carbocycles. The molecule has 3 rings (SSSR count). The highest BCUT2D eigenvalue weighted by atomic mass is 16.7. The normalized spacial score (nSPS) is 15.8. The van der Waals surface area contributed by atoms with E-state index in [0.717, 1.165) is 34.6 Å². The Bertz CT molecular complexity index is 610. The highest BCUT2D eigenvalue weighted by molar-refractivity contribution is 5.41. The smallest absolute Gasteiger partial charge is 0.277 e. The molecule has 2 heteroatoms. The molecule has 0 bridgehead atoms. The summed E-state index contributed by atoms with van der Waals surface area (Å²) in [7, 11) is 0. The van der Waals surface area contributed by atoms with Gasteiger partial charge >= 0.3 is 0 Å². The Morgan fingerprint density at radius 1 is 0.850 bits per heavy atom. The van der Waals surface area contributed by atoms with Gasteiger partial charge in [-0.25, -0.2) is 0 Å². The Morgan fingerprint density at radius 3 is 1.60 bits per heavy atom. The lowest BCUT2D eigenvalue weighted by Crippen LogP contribution is -2.27. The molecule has 0 heterocycles. The van der Waals surface area contributed by atoms with Gasteiger partial charge in [0.15, 0.2) is 0 Å². The predicted octanol–water partition coefficient (Wildman–Crippen LogP) is 4.42. The quantitative estimate of drug-likeness (QED) is 0.602. The van der Waals surface area contributed by atoms with E-state index >= 15 is 0 Å². The average molecular weight is 266 g/mol. The van der Waals surface area contributed by atoms with Crippen LogP contribution in [0.4, 0.5) is 0 Å². The summed E-state index contributed by atoms with van der Waals surface area (Å²) in [5.74, 6) is 0.998. The summed E-state index contributed by atoms with van der Waals surface area (Å²) in [6.07, 6.45) is 0.732. The molecule has 20 heavy (non-hydrogen) atoms. The molecule has 2 aromatic rings. The van der Waals surface area contributed by atoms with Crippen molar-refractivity contribution in [2.24, 2.45) is 0 Å². The summed E-state index contributed by atoms with van der Waals surface area (Å²) in [6.45, 7) is 8.08. The van der Waals surface area contributed by atoms with Gasteiger partial charge in [0.25, 0.3) is 5.79 Å². The van der Waals surface area contributed by atoms with Crippen LogP contribution in [0.5, 0.6) is 11.5 Å². The zero-order valence-electron chi connectivity index (χ0n) is 11.8. The van der Waals surface area contributed by atoms with Crippen LogP contribution in [0, 0.1) is 13.8 Å². The largest absolute Gasteiger partial charge is 0.448 e. The third kappa shape index (κ3) is 2.29. The minimum atomic E-state index is -0.696. The second kappa shape index (κ2) is 4.71. The number of ether oxygens (including phenoxy) is 2. The summed E-state index contributed by atoms with van der Waals surface area (Å²) in [5, 5.41) is 0. The number of para-hydroxylation sites is 2. The van der Waals surface area contributed by atoms with Gasteiger partial charge in [-0.1, -0.05) is 43.0 Å². The first-order chi connectivity index (χ1) is 9.61. The van der Waals surface area contributed by atoms with E-state index in [4.69, 9.17) is 9.47 Å². The Hall–Kier alpha value is -2.22. The van der Waals surface area contributed by atoms with Crippen LogP contribution in [0.25, 0.3) is 0 Å². The van der Waals surface area contributed by atoms with Gasteiger partial charge in [0.05, 0.1) is 6.42 Å².